The molecule has 0 amide bonds. The fourth-order valence-electron chi connectivity index (χ4n) is 4.50. The lowest BCUT2D eigenvalue weighted by atomic mass is 10.0. The number of aromatic nitrogens is 4. The molecule has 7 heteroatoms. The molecule has 0 bridgehead atoms. The molecule has 5 rings (SSSR count). The van der Waals surface area contributed by atoms with Gasteiger partial charge in [0.1, 0.15) is 5.65 Å². The van der Waals surface area contributed by atoms with Gasteiger partial charge in [-0.2, -0.15) is 0 Å². The van der Waals surface area contributed by atoms with Gasteiger partial charge in [0.15, 0.2) is 0 Å². The van der Waals surface area contributed by atoms with Crippen LogP contribution in [0.15, 0.2) is 55.0 Å². The smallest absolute Gasteiger partial charge is 0.223 e. The van der Waals surface area contributed by atoms with Gasteiger partial charge in [0, 0.05) is 24.5 Å². The summed E-state index contributed by atoms with van der Waals surface area (Å²) in [4.78, 5) is 14.2. The lowest BCUT2D eigenvalue weighted by molar-refractivity contribution is 0.163. The lowest BCUT2D eigenvalue weighted by Crippen LogP contribution is -2.38. The first-order valence-electron chi connectivity index (χ1n) is 12.8. The number of fused-ring (bicyclic) bond motifs is 1. The van der Waals surface area contributed by atoms with Crippen LogP contribution in [0, 0.1) is 6.92 Å². The van der Waals surface area contributed by atoms with E-state index in [0.717, 1.165) is 33.7 Å². The minimum absolute atomic E-state index is 0.00287. The van der Waals surface area contributed by atoms with Crippen LogP contribution in [0.1, 0.15) is 80.9 Å². The number of hydrogen-bond acceptors (Lipinski definition) is 6. The zero-order chi connectivity index (χ0) is 25.4. The van der Waals surface area contributed by atoms with E-state index in [1.807, 2.05) is 43.6 Å². The second-order valence-corrected chi connectivity index (χ2v) is 11.0. The summed E-state index contributed by atoms with van der Waals surface area (Å²) < 4.78 is 2.15. The zero-order valence-corrected chi connectivity index (χ0v) is 21.8. The minimum Gasteiger partial charge on any atom is -0.387 e. The van der Waals surface area contributed by atoms with Crippen LogP contribution in [0.5, 0.6) is 0 Å². The maximum Gasteiger partial charge on any atom is 0.223 e. The van der Waals surface area contributed by atoms with Crippen molar-refractivity contribution >= 4 is 11.6 Å². The first kappa shape index (κ1) is 24.4. The number of anilines is 1. The van der Waals surface area contributed by atoms with E-state index in [0.29, 0.717) is 18.4 Å². The Morgan fingerprint density at radius 2 is 1.78 bits per heavy atom. The van der Waals surface area contributed by atoms with Crippen molar-refractivity contribution in [3.05, 3.63) is 77.2 Å². The molecule has 2 atom stereocenters. The van der Waals surface area contributed by atoms with Gasteiger partial charge in [0.05, 0.1) is 29.7 Å². The van der Waals surface area contributed by atoms with E-state index in [9.17, 15) is 5.11 Å². The van der Waals surface area contributed by atoms with Crippen molar-refractivity contribution in [3.8, 4) is 11.4 Å². The number of aliphatic hydroxyl groups excluding tert-OH is 1. The van der Waals surface area contributed by atoms with E-state index in [4.69, 9.17) is 9.97 Å². The molecular formula is C29H36N6O. The van der Waals surface area contributed by atoms with Gasteiger partial charge in [-0.25, -0.2) is 15.0 Å². The predicted molar refractivity (Wildman–Crippen MR) is 144 cm³/mol. The highest BCUT2D eigenvalue weighted by molar-refractivity contribution is 5.66. The third-order valence-electron chi connectivity index (χ3n) is 6.79. The first-order chi connectivity index (χ1) is 17.2. The number of rotatable bonds is 8. The van der Waals surface area contributed by atoms with E-state index in [1.54, 1.807) is 0 Å². The molecule has 0 spiro atoms. The molecule has 1 fully saturated rings. The van der Waals surface area contributed by atoms with Crippen molar-refractivity contribution < 1.29 is 5.11 Å². The maximum absolute atomic E-state index is 10.5. The van der Waals surface area contributed by atoms with Crippen LogP contribution >= 0.6 is 0 Å². The number of hydrogen-bond donors (Lipinski definition) is 3. The van der Waals surface area contributed by atoms with Crippen LogP contribution in [-0.4, -0.2) is 36.5 Å². The van der Waals surface area contributed by atoms with Gasteiger partial charge in [-0.1, -0.05) is 30.3 Å². The van der Waals surface area contributed by atoms with Gasteiger partial charge in [-0.3, -0.25) is 4.40 Å². The van der Waals surface area contributed by atoms with Crippen molar-refractivity contribution in [2.45, 2.75) is 71.1 Å². The highest BCUT2D eigenvalue weighted by atomic mass is 16.3. The molecule has 3 aromatic heterocycles. The maximum atomic E-state index is 10.5. The summed E-state index contributed by atoms with van der Waals surface area (Å²) in [6.45, 7) is 10.9. The Morgan fingerprint density at radius 3 is 2.47 bits per heavy atom. The van der Waals surface area contributed by atoms with Crippen molar-refractivity contribution in [2.75, 3.05) is 11.9 Å². The molecule has 3 heterocycles. The Labute approximate surface area is 213 Å². The molecule has 188 valence electrons. The van der Waals surface area contributed by atoms with Crippen LogP contribution in [0.3, 0.4) is 0 Å². The van der Waals surface area contributed by atoms with E-state index in [2.05, 4.69) is 66.0 Å². The highest BCUT2D eigenvalue weighted by Gasteiger charge is 2.27. The topological polar surface area (TPSA) is 87.4 Å². The molecule has 4 aromatic rings. The summed E-state index contributed by atoms with van der Waals surface area (Å²) in [6.07, 6.45) is 7.79. The molecule has 1 aliphatic rings. The average molecular weight is 485 g/mol. The first-order valence-corrected chi connectivity index (χ1v) is 12.8. The van der Waals surface area contributed by atoms with Gasteiger partial charge in [-0.05, 0) is 81.7 Å². The third-order valence-corrected chi connectivity index (χ3v) is 6.79. The van der Waals surface area contributed by atoms with Crippen LogP contribution in [0.2, 0.25) is 0 Å². The molecule has 0 unspecified atom stereocenters. The number of aliphatic hydroxyl groups is 1. The predicted octanol–water partition coefficient (Wildman–Crippen LogP) is 5.57. The fraction of sp³-hybridized carbons (Fsp3) is 0.414. The molecule has 0 radical (unpaired) electrons. The Balaban J connectivity index is 1.33. The van der Waals surface area contributed by atoms with E-state index >= 15 is 0 Å². The highest BCUT2D eigenvalue weighted by Crippen LogP contribution is 2.42. The summed E-state index contributed by atoms with van der Waals surface area (Å²) in [5.41, 5.74) is 7.18. The van der Waals surface area contributed by atoms with Crippen molar-refractivity contribution in [2.24, 2.45) is 0 Å². The molecule has 36 heavy (non-hydrogen) atoms. The molecule has 0 aliphatic heterocycles. The number of aryl methyl sites for hydroxylation is 1. The van der Waals surface area contributed by atoms with Crippen LogP contribution < -0.4 is 10.6 Å². The Bertz CT molecular complexity index is 1350. The van der Waals surface area contributed by atoms with Crippen LogP contribution in [0.25, 0.3) is 17.0 Å². The van der Waals surface area contributed by atoms with Gasteiger partial charge in [0.25, 0.3) is 0 Å². The number of nitrogens with one attached hydrogen (secondary N) is 2. The standard InChI is InChI=1S/C29H36N6O/c1-18-15-31-28(33-19(2)20-8-12-22(13-9-20)25(36)17-32-29(3,4)5)34-26(18)24-16-30-27-23(21-10-11-21)7-6-14-35(24)27/h6-9,12-16,19,21,25,32,36H,10-11,17H2,1-5H3,(H,31,33,34)/t19-,25+/m0/s1. The monoisotopic (exact) mass is 484 g/mol. The second-order valence-electron chi connectivity index (χ2n) is 11.0. The number of benzene rings is 1. The summed E-state index contributed by atoms with van der Waals surface area (Å²) in [5.74, 6) is 1.21. The van der Waals surface area contributed by atoms with Gasteiger partial charge in [0.2, 0.25) is 5.95 Å². The molecule has 1 saturated carbocycles. The fourth-order valence-corrected chi connectivity index (χ4v) is 4.50. The van der Waals surface area contributed by atoms with Crippen LogP contribution in [0.4, 0.5) is 5.95 Å². The summed E-state index contributed by atoms with van der Waals surface area (Å²) in [5, 5.41) is 17.3. The lowest BCUT2D eigenvalue weighted by Gasteiger charge is -2.23. The van der Waals surface area contributed by atoms with Crippen molar-refractivity contribution in [3.63, 3.8) is 0 Å². The third kappa shape index (κ3) is 5.27. The average Bonchev–Trinajstić information content (AvgIpc) is 3.61. The van der Waals surface area contributed by atoms with E-state index < -0.39 is 6.10 Å². The molecule has 1 aliphatic carbocycles. The largest absolute Gasteiger partial charge is 0.387 e. The minimum atomic E-state index is -0.546. The zero-order valence-electron chi connectivity index (χ0n) is 21.8. The Morgan fingerprint density at radius 1 is 1.06 bits per heavy atom. The number of pyridine rings is 1. The Kier molecular flexibility index (Phi) is 6.53. The summed E-state index contributed by atoms with van der Waals surface area (Å²) >= 11 is 0. The number of imidazole rings is 1. The molecule has 3 N–H and O–H groups in total. The van der Waals surface area contributed by atoms with E-state index in [1.165, 1.54) is 18.4 Å². The number of nitrogens with zero attached hydrogens (tertiary/aromatic N) is 4. The van der Waals surface area contributed by atoms with Crippen LogP contribution in [-0.2, 0) is 0 Å². The molecule has 0 saturated heterocycles. The summed E-state index contributed by atoms with van der Waals surface area (Å²) in [7, 11) is 0. The van der Waals surface area contributed by atoms with E-state index in [-0.39, 0.29) is 11.6 Å². The number of β-amino-alcohol motifs (C(OH)–C–C–N with tert-alkyl or cyclic N) is 1. The molecular weight excluding hydrogens is 448 g/mol. The second kappa shape index (κ2) is 9.64. The SMILES string of the molecule is Cc1cnc(N[C@@H](C)c2ccc([C@H](O)CNC(C)(C)C)cc2)nc1-c1cnc2c(C3CC3)cccn12. The van der Waals surface area contributed by atoms with Gasteiger partial charge < -0.3 is 15.7 Å². The van der Waals surface area contributed by atoms with Crippen molar-refractivity contribution in [1.82, 2.24) is 24.7 Å². The molecule has 7 nitrogen and oxygen atoms in total. The van der Waals surface area contributed by atoms with Crippen molar-refractivity contribution in [1.29, 1.82) is 0 Å². The summed E-state index contributed by atoms with van der Waals surface area (Å²) in [6, 6.07) is 12.4. The molecule has 1 aromatic carbocycles. The van der Waals surface area contributed by atoms with Gasteiger partial charge in [-0.15, -0.1) is 0 Å². The van der Waals surface area contributed by atoms with Gasteiger partial charge >= 0.3 is 0 Å². The quantitative estimate of drug-likeness (QED) is 0.303. The normalized spacial score (nSPS) is 15.7. The Hall–Kier alpha value is -3.29.